The second-order valence-electron chi connectivity index (χ2n) is 2.76. The van der Waals surface area contributed by atoms with Crippen LogP contribution >= 0.6 is 11.6 Å². The van der Waals surface area contributed by atoms with Gasteiger partial charge >= 0.3 is 0 Å². The van der Waals surface area contributed by atoms with Gasteiger partial charge in [-0.3, -0.25) is 0 Å². The van der Waals surface area contributed by atoms with Crippen LogP contribution in [0.25, 0.3) is 0 Å². The van der Waals surface area contributed by atoms with Crippen LogP contribution in [-0.4, -0.2) is 52.5 Å². The van der Waals surface area contributed by atoms with Crippen LogP contribution in [0, 0.1) is 0 Å². The minimum Gasteiger partial charge on any atom is -0.383 e. The zero-order valence-electron chi connectivity index (χ0n) is 8.49. The van der Waals surface area contributed by atoms with E-state index in [0.717, 1.165) is 0 Å². The molecule has 0 rings (SSSR count). The molecule has 0 atom stereocenters. The predicted molar refractivity (Wildman–Crippen MR) is 56.8 cm³/mol. The fourth-order valence-corrected chi connectivity index (χ4v) is 1.84. The van der Waals surface area contributed by atoms with Gasteiger partial charge in [0.1, 0.15) is 0 Å². The molecule has 0 heterocycles. The molecule has 14 heavy (non-hydrogen) atoms. The van der Waals surface area contributed by atoms with Gasteiger partial charge in [-0.25, -0.2) is 0 Å². The van der Waals surface area contributed by atoms with E-state index in [1.165, 1.54) is 18.5 Å². The van der Waals surface area contributed by atoms with Gasteiger partial charge in [0.25, 0.3) is 10.2 Å². The van der Waals surface area contributed by atoms with Crippen molar-refractivity contribution < 1.29 is 13.2 Å². The van der Waals surface area contributed by atoms with Crippen molar-refractivity contribution in [3.05, 3.63) is 0 Å². The quantitative estimate of drug-likeness (QED) is 0.484. The zero-order chi connectivity index (χ0) is 11.0. The Morgan fingerprint density at radius 2 is 2.14 bits per heavy atom. The maximum absolute atomic E-state index is 11.4. The lowest BCUT2D eigenvalue weighted by molar-refractivity contribution is 0.204. The summed E-state index contributed by atoms with van der Waals surface area (Å²) in [5.41, 5.74) is 0. The molecule has 7 heteroatoms. The van der Waals surface area contributed by atoms with Crippen molar-refractivity contribution >= 4 is 21.8 Å². The van der Waals surface area contributed by atoms with Crippen LogP contribution < -0.4 is 4.72 Å². The summed E-state index contributed by atoms with van der Waals surface area (Å²) in [6.45, 7) is 1.07. The number of methoxy groups -OCH3 is 1. The summed E-state index contributed by atoms with van der Waals surface area (Å²) in [7, 11) is -0.325. The van der Waals surface area contributed by atoms with Gasteiger partial charge in [-0.15, -0.1) is 11.6 Å². The van der Waals surface area contributed by atoms with E-state index in [9.17, 15) is 8.42 Å². The van der Waals surface area contributed by atoms with E-state index < -0.39 is 10.2 Å². The standard InChI is InChI=1S/C7H17ClN2O3S/c1-10(6-3-4-8)14(11,12)9-5-7-13-2/h9H,3-7H2,1-2H3. The van der Waals surface area contributed by atoms with Crippen LogP contribution in [0.4, 0.5) is 0 Å². The highest BCUT2D eigenvalue weighted by Crippen LogP contribution is 1.96. The number of alkyl halides is 1. The van der Waals surface area contributed by atoms with E-state index in [2.05, 4.69) is 4.72 Å². The summed E-state index contributed by atoms with van der Waals surface area (Å²) in [4.78, 5) is 0. The van der Waals surface area contributed by atoms with Crippen LogP contribution in [-0.2, 0) is 14.9 Å². The van der Waals surface area contributed by atoms with Crippen molar-refractivity contribution in [2.75, 3.05) is 39.7 Å². The minimum absolute atomic E-state index is 0.282. The average molecular weight is 245 g/mol. The van der Waals surface area contributed by atoms with E-state index in [-0.39, 0.29) is 6.54 Å². The number of halogens is 1. The number of nitrogens with one attached hydrogen (secondary N) is 1. The first-order valence-corrected chi connectivity index (χ1v) is 6.28. The maximum atomic E-state index is 11.4. The molecule has 0 spiro atoms. The van der Waals surface area contributed by atoms with Gasteiger partial charge in [0.15, 0.2) is 0 Å². The Kier molecular flexibility index (Phi) is 7.48. The minimum atomic E-state index is -3.36. The average Bonchev–Trinajstić information content (AvgIpc) is 2.14. The Morgan fingerprint density at radius 1 is 1.50 bits per heavy atom. The van der Waals surface area contributed by atoms with Gasteiger partial charge in [-0.05, 0) is 6.42 Å². The molecule has 0 unspecified atom stereocenters. The van der Waals surface area contributed by atoms with Gasteiger partial charge < -0.3 is 4.74 Å². The van der Waals surface area contributed by atoms with Gasteiger partial charge in [0, 0.05) is 33.1 Å². The predicted octanol–water partition coefficient (Wildman–Crippen LogP) is 0.0279. The molecule has 0 radical (unpaired) electrons. The SMILES string of the molecule is COCCNS(=O)(=O)N(C)CCCCl. The highest BCUT2D eigenvalue weighted by Gasteiger charge is 2.15. The molecule has 0 amide bonds. The Labute approximate surface area is 90.6 Å². The molecule has 0 aromatic rings. The van der Waals surface area contributed by atoms with Crippen LogP contribution in [0.5, 0.6) is 0 Å². The second-order valence-corrected chi connectivity index (χ2v) is 5.00. The van der Waals surface area contributed by atoms with Gasteiger partial charge in [0.2, 0.25) is 0 Å². The van der Waals surface area contributed by atoms with E-state index >= 15 is 0 Å². The van der Waals surface area contributed by atoms with Crippen molar-refractivity contribution in [1.29, 1.82) is 0 Å². The van der Waals surface area contributed by atoms with Crippen molar-refractivity contribution in [2.45, 2.75) is 6.42 Å². The molecule has 0 aliphatic heterocycles. The maximum Gasteiger partial charge on any atom is 0.279 e. The largest absolute Gasteiger partial charge is 0.383 e. The highest BCUT2D eigenvalue weighted by atomic mass is 35.5. The fourth-order valence-electron chi connectivity index (χ4n) is 0.786. The molecule has 0 aliphatic rings. The van der Waals surface area contributed by atoms with Gasteiger partial charge in [0.05, 0.1) is 6.61 Å². The number of hydrogen-bond donors (Lipinski definition) is 1. The molecule has 0 saturated heterocycles. The first kappa shape index (κ1) is 14.1. The van der Waals surface area contributed by atoms with Crippen molar-refractivity contribution in [3.63, 3.8) is 0 Å². The number of rotatable bonds is 8. The topological polar surface area (TPSA) is 58.6 Å². The summed E-state index contributed by atoms with van der Waals surface area (Å²) in [6, 6.07) is 0. The van der Waals surface area contributed by atoms with Crippen LogP contribution in [0.2, 0.25) is 0 Å². The summed E-state index contributed by atoms with van der Waals surface area (Å²) < 4.78 is 31.2. The number of ether oxygens (including phenoxy) is 1. The van der Waals surface area contributed by atoms with Crippen LogP contribution in [0.15, 0.2) is 0 Å². The van der Waals surface area contributed by atoms with E-state index in [1.54, 1.807) is 0 Å². The van der Waals surface area contributed by atoms with E-state index in [4.69, 9.17) is 16.3 Å². The van der Waals surface area contributed by atoms with E-state index in [1.807, 2.05) is 0 Å². The number of nitrogens with zero attached hydrogens (tertiary/aromatic N) is 1. The Balaban J connectivity index is 3.91. The smallest absolute Gasteiger partial charge is 0.279 e. The van der Waals surface area contributed by atoms with Gasteiger partial charge in [-0.1, -0.05) is 0 Å². The molecule has 1 N–H and O–H groups in total. The third kappa shape index (κ3) is 5.77. The van der Waals surface area contributed by atoms with Crippen LogP contribution in [0.3, 0.4) is 0 Å². The molecule has 0 bridgehead atoms. The normalized spacial score (nSPS) is 12.3. The molecule has 0 aromatic heterocycles. The second kappa shape index (κ2) is 7.42. The molecule has 5 nitrogen and oxygen atoms in total. The monoisotopic (exact) mass is 244 g/mol. The summed E-state index contributed by atoms with van der Waals surface area (Å²) in [5.74, 6) is 0.456. The summed E-state index contributed by atoms with van der Waals surface area (Å²) >= 11 is 5.46. The summed E-state index contributed by atoms with van der Waals surface area (Å²) in [5, 5.41) is 0. The molecule has 0 saturated carbocycles. The molecule has 86 valence electrons. The lowest BCUT2D eigenvalue weighted by Crippen LogP contribution is -2.40. The van der Waals surface area contributed by atoms with E-state index in [0.29, 0.717) is 25.5 Å². The molecular weight excluding hydrogens is 228 g/mol. The third-order valence-corrected chi connectivity index (χ3v) is 3.45. The van der Waals surface area contributed by atoms with Crippen molar-refractivity contribution in [2.24, 2.45) is 0 Å². The van der Waals surface area contributed by atoms with Crippen LogP contribution in [0.1, 0.15) is 6.42 Å². The third-order valence-electron chi connectivity index (χ3n) is 1.61. The van der Waals surface area contributed by atoms with Crippen molar-refractivity contribution in [1.82, 2.24) is 9.03 Å². The molecule has 0 aliphatic carbocycles. The summed E-state index contributed by atoms with van der Waals surface area (Å²) in [6.07, 6.45) is 0.642. The first-order valence-electron chi connectivity index (χ1n) is 4.30. The fraction of sp³-hybridized carbons (Fsp3) is 1.00. The molecule has 0 aromatic carbocycles. The Morgan fingerprint density at radius 3 is 2.64 bits per heavy atom. The molecule has 0 fully saturated rings. The first-order chi connectivity index (χ1) is 6.54. The Hall–Kier alpha value is 0.120. The number of hydrogen-bond acceptors (Lipinski definition) is 3. The lowest BCUT2D eigenvalue weighted by atomic mass is 10.5. The Bertz CT molecular complexity index is 233. The highest BCUT2D eigenvalue weighted by molar-refractivity contribution is 7.87. The van der Waals surface area contributed by atoms with Gasteiger partial charge in [-0.2, -0.15) is 17.4 Å². The zero-order valence-corrected chi connectivity index (χ0v) is 10.1. The molecular formula is C7H17ClN2O3S. The van der Waals surface area contributed by atoms with Crippen molar-refractivity contribution in [3.8, 4) is 0 Å². The lowest BCUT2D eigenvalue weighted by Gasteiger charge is -2.16.